The molecule has 0 atom stereocenters. The Bertz CT molecular complexity index is 346. The lowest BCUT2D eigenvalue weighted by Crippen LogP contribution is -2.22. The average molecular weight is 234 g/mol. The SMILES string of the molecule is CC(C)NCc1cc(OC2CCCC2)ccn1. The molecule has 1 fully saturated rings. The minimum Gasteiger partial charge on any atom is -0.490 e. The molecule has 3 nitrogen and oxygen atoms in total. The molecule has 1 aromatic rings. The number of ether oxygens (including phenoxy) is 1. The second kappa shape index (κ2) is 6.01. The summed E-state index contributed by atoms with van der Waals surface area (Å²) in [5, 5.41) is 3.36. The molecule has 0 unspecified atom stereocenters. The Hall–Kier alpha value is -1.09. The summed E-state index contributed by atoms with van der Waals surface area (Å²) in [5.74, 6) is 0.965. The van der Waals surface area contributed by atoms with E-state index in [0.717, 1.165) is 18.0 Å². The maximum Gasteiger partial charge on any atom is 0.123 e. The van der Waals surface area contributed by atoms with Crippen molar-refractivity contribution >= 4 is 0 Å². The third kappa shape index (κ3) is 4.00. The first-order valence-corrected chi connectivity index (χ1v) is 6.59. The summed E-state index contributed by atoms with van der Waals surface area (Å²) in [4.78, 5) is 4.34. The first-order valence-electron chi connectivity index (χ1n) is 6.59. The molecule has 0 saturated heterocycles. The first-order chi connectivity index (χ1) is 8.24. The van der Waals surface area contributed by atoms with Gasteiger partial charge in [-0.1, -0.05) is 13.8 Å². The van der Waals surface area contributed by atoms with Gasteiger partial charge in [0.1, 0.15) is 5.75 Å². The quantitative estimate of drug-likeness (QED) is 0.850. The Kier molecular flexibility index (Phi) is 4.37. The molecule has 1 aromatic heterocycles. The molecule has 2 rings (SSSR count). The summed E-state index contributed by atoms with van der Waals surface area (Å²) in [6, 6.07) is 4.49. The van der Waals surface area contributed by atoms with Crippen molar-refractivity contribution in [3.63, 3.8) is 0 Å². The normalized spacial score (nSPS) is 16.6. The molecule has 0 bridgehead atoms. The smallest absolute Gasteiger partial charge is 0.123 e. The van der Waals surface area contributed by atoms with Gasteiger partial charge >= 0.3 is 0 Å². The van der Waals surface area contributed by atoms with E-state index in [-0.39, 0.29) is 0 Å². The maximum absolute atomic E-state index is 5.95. The van der Waals surface area contributed by atoms with Crippen molar-refractivity contribution in [3.8, 4) is 5.75 Å². The molecule has 1 aliphatic rings. The van der Waals surface area contributed by atoms with Crippen molar-refractivity contribution in [2.24, 2.45) is 0 Å². The van der Waals surface area contributed by atoms with Gasteiger partial charge in [-0.3, -0.25) is 4.98 Å². The number of hydrogen-bond donors (Lipinski definition) is 1. The predicted octanol–water partition coefficient (Wildman–Crippen LogP) is 2.90. The Morgan fingerprint density at radius 1 is 1.41 bits per heavy atom. The van der Waals surface area contributed by atoms with E-state index in [1.54, 1.807) is 0 Å². The highest BCUT2D eigenvalue weighted by Crippen LogP contribution is 2.24. The molecule has 1 saturated carbocycles. The number of hydrogen-bond acceptors (Lipinski definition) is 3. The molecule has 3 heteroatoms. The summed E-state index contributed by atoms with van der Waals surface area (Å²) in [5.41, 5.74) is 1.05. The van der Waals surface area contributed by atoms with Crippen LogP contribution in [0, 0.1) is 0 Å². The van der Waals surface area contributed by atoms with Crippen LogP contribution in [0.3, 0.4) is 0 Å². The molecule has 0 spiro atoms. The van der Waals surface area contributed by atoms with Crippen molar-refractivity contribution in [2.75, 3.05) is 0 Å². The van der Waals surface area contributed by atoms with E-state index in [9.17, 15) is 0 Å². The molecular formula is C14H22N2O. The highest BCUT2D eigenvalue weighted by Gasteiger charge is 2.16. The van der Waals surface area contributed by atoms with Crippen LogP contribution in [0.2, 0.25) is 0 Å². The lowest BCUT2D eigenvalue weighted by Gasteiger charge is -2.14. The molecule has 94 valence electrons. The number of aromatic nitrogens is 1. The maximum atomic E-state index is 5.95. The van der Waals surface area contributed by atoms with Crippen molar-refractivity contribution in [2.45, 2.75) is 58.2 Å². The van der Waals surface area contributed by atoms with Crippen LogP contribution in [0.15, 0.2) is 18.3 Å². The Morgan fingerprint density at radius 3 is 2.88 bits per heavy atom. The largest absolute Gasteiger partial charge is 0.490 e. The monoisotopic (exact) mass is 234 g/mol. The van der Waals surface area contributed by atoms with Gasteiger partial charge in [0.15, 0.2) is 0 Å². The summed E-state index contributed by atoms with van der Waals surface area (Å²) >= 11 is 0. The first kappa shape index (κ1) is 12.4. The number of rotatable bonds is 5. The Labute approximate surface area is 104 Å². The van der Waals surface area contributed by atoms with Gasteiger partial charge < -0.3 is 10.1 Å². The van der Waals surface area contributed by atoms with E-state index < -0.39 is 0 Å². The topological polar surface area (TPSA) is 34.1 Å². The van der Waals surface area contributed by atoms with E-state index in [1.807, 2.05) is 18.3 Å². The van der Waals surface area contributed by atoms with Crippen molar-refractivity contribution in [1.29, 1.82) is 0 Å². The highest BCUT2D eigenvalue weighted by atomic mass is 16.5. The zero-order valence-corrected chi connectivity index (χ0v) is 10.8. The summed E-state index contributed by atoms with van der Waals surface area (Å²) in [6.45, 7) is 5.08. The molecule has 1 N–H and O–H groups in total. The molecule has 0 amide bonds. The average Bonchev–Trinajstić information content (AvgIpc) is 2.80. The molecule has 1 aliphatic carbocycles. The predicted molar refractivity (Wildman–Crippen MR) is 69.1 cm³/mol. The number of nitrogens with one attached hydrogen (secondary N) is 1. The fourth-order valence-electron chi connectivity index (χ4n) is 2.13. The van der Waals surface area contributed by atoms with Gasteiger partial charge in [-0.2, -0.15) is 0 Å². The fourth-order valence-corrected chi connectivity index (χ4v) is 2.13. The highest BCUT2D eigenvalue weighted by molar-refractivity contribution is 5.23. The zero-order chi connectivity index (χ0) is 12.1. The molecular weight excluding hydrogens is 212 g/mol. The van der Waals surface area contributed by atoms with Crippen LogP contribution in [-0.4, -0.2) is 17.1 Å². The van der Waals surface area contributed by atoms with Crippen LogP contribution in [0.25, 0.3) is 0 Å². The number of nitrogens with zero attached hydrogens (tertiary/aromatic N) is 1. The zero-order valence-electron chi connectivity index (χ0n) is 10.8. The standard InChI is InChI=1S/C14H22N2O/c1-11(2)16-10-12-9-14(7-8-15-12)17-13-5-3-4-6-13/h7-9,11,13,16H,3-6,10H2,1-2H3. The lowest BCUT2D eigenvalue weighted by molar-refractivity contribution is 0.209. The minimum atomic E-state index is 0.420. The van der Waals surface area contributed by atoms with E-state index in [0.29, 0.717) is 12.1 Å². The fraction of sp³-hybridized carbons (Fsp3) is 0.643. The van der Waals surface area contributed by atoms with E-state index >= 15 is 0 Å². The van der Waals surface area contributed by atoms with Crippen molar-refractivity contribution < 1.29 is 4.74 Å². The molecule has 0 aliphatic heterocycles. The summed E-state index contributed by atoms with van der Waals surface area (Å²) in [7, 11) is 0. The molecule has 0 radical (unpaired) electrons. The second-order valence-electron chi connectivity index (χ2n) is 5.04. The second-order valence-corrected chi connectivity index (χ2v) is 5.04. The minimum absolute atomic E-state index is 0.420. The van der Waals surface area contributed by atoms with Crippen LogP contribution in [0.5, 0.6) is 5.75 Å². The molecule has 0 aromatic carbocycles. The van der Waals surface area contributed by atoms with Crippen LogP contribution < -0.4 is 10.1 Å². The van der Waals surface area contributed by atoms with E-state index in [1.165, 1.54) is 25.7 Å². The molecule has 1 heterocycles. The third-order valence-corrected chi connectivity index (χ3v) is 3.08. The number of pyridine rings is 1. The van der Waals surface area contributed by atoms with Crippen molar-refractivity contribution in [1.82, 2.24) is 10.3 Å². The third-order valence-electron chi connectivity index (χ3n) is 3.08. The van der Waals surface area contributed by atoms with Crippen LogP contribution in [0.1, 0.15) is 45.2 Å². The summed E-state index contributed by atoms with van der Waals surface area (Å²) in [6.07, 6.45) is 7.25. The van der Waals surface area contributed by atoms with Crippen LogP contribution in [0.4, 0.5) is 0 Å². The summed E-state index contributed by atoms with van der Waals surface area (Å²) < 4.78 is 5.95. The van der Waals surface area contributed by atoms with Gasteiger partial charge in [0.2, 0.25) is 0 Å². The van der Waals surface area contributed by atoms with Crippen molar-refractivity contribution in [3.05, 3.63) is 24.0 Å². The van der Waals surface area contributed by atoms with Gasteiger partial charge in [-0.05, 0) is 31.7 Å². The van der Waals surface area contributed by atoms with Crippen LogP contribution in [-0.2, 0) is 6.54 Å². The van der Waals surface area contributed by atoms with Gasteiger partial charge in [0.25, 0.3) is 0 Å². The van der Waals surface area contributed by atoms with Crippen LogP contribution >= 0.6 is 0 Å². The lowest BCUT2D eigenvalue weighted by atomic mass is 10.3. The molecule has 17 heavy (non-hydrogen) atoms. The van der Waals surface area contributed by atoms with E-state index in [4.69, 9.17) is 4.74 Å². The van der Waals surface area contributed by atoms with Gasteiger partial charge in [0.05, 0.1) is 11.8 Å². The van der Waals surface area contributed by atoms with Gasteiger partial charge in [-0.15, -0.1) is 0 Å². The Morgan fingerprint density at radius 2 is 2.18 bits per heavy atom. The van der Waals surface area contributed by atoms with E-state index in [2.05, 4.69) is 24.1 Å². The Balaban J connectivity index is 1.91. The van der Waals surface area contributed by atoms with Gasteiger partial charge in [0, 0.05) is 24.8 Å². The van der Waals surface area contributed by atoms with Gasteiger partial charge in [-0.25, -0.2) is 0 Å².